The van der Waals surface area contributed by atoms with Crippen LogP contribution in [-0.4, -0.2) is 155 Å². The van der Waals surface area contributed by atoms with E-state index in [4.69, 9.17) is 9.47 Å². The molecule has 0 spiro atoms. The molecule has 6 rings (SSSR count). The molecule has 65 heavy (non-hydrogen) atoms. The van der Waals surface area contributed by atoms with E-state index < -0.39 is 92.2 Å². The predicted molar refractivity (Wildman–Crippen MR) is 233 cm³/mol. The number of aromatic amines is 2. The van der Waals surface area contributed by atoms with E-state index in [2.05, 4.69) is 44.1 Å². The van der Waals surface area contributed by atoms with Gasteiger partial charge in [0.15, 0.2) is 12.6 Å². The van der Waals surface area contributed by atoms with Gasteiger partial charge in [-0.05, 0) is 86.6 Å². The molecule has 6 heterocycles. The number of ether oxygens (including phenoxy) is 2. The minimum absolute atomic E-state index is 0.0812. The molecule has 2 aromatic heterocycles. The quantitative estimate of drug-likeness (QED) is 0.0835. The number of H-pyrrole nitrogens is 2. The third-order valence-corrected chi connectivity index (χ3v) is 12.4. The molecule has 10 atom stereocenters. The number of hydrogen-bond acceptors (Lipinski definition) is 14. The zero-order valence-electron chi connectivity index (χ0n) is 36.3. The lowest BCUT2D eigenvalue weighted by Crippen LogP contribution is -2.64. The minimum atomic E-state index is -1.73. The number of aliphatic hydroxyl groups is 8. The smallest absolute Gasteiger partial charge is 0.277 e. The summed E-state index contributed by atoms with van der Waals surface area (Å²) in [6.45, 7) is 13.2. The van der Waals surface area contributed by atoms with E-state index >= 15 is 0 Å². The molecule has 0 radical (unpaired) electrons. The Bertz CT molecular complexity index is 2510. The number of nitrogens with zero attached hydrogens (tertiary/aromatic N) is 1. The highest BCUT2D eigenvalue weighted by Gasteiger charge is 2.45. The van der Waals surface area contributed by atoms with Crippen molar-refractivity contribution in [2.24, 2.45) is 4.99 Å². The van der Waals surface area contributed by atoms with Gasteiger partial charge in [-0.1, -0.05) is 25.3 Å². The number of rotatable bonds is 15. The van der Waals surface area contributed by atoms with Crippen LogP contribution < -0.4 is 26.6 Å². The van der Waals surface area contributed by atoms with Gasteiger partial charge in [0.05, 0.1) is 24.6 Å². The van der Waals surface area contributed by atoms with Crippen LogP contribution in [-0.2, 0) is 41.5 Å². The van der Waals surface area contributed by atoms with Gasteiger partial charge in [-0.3, -0.25) is 19.2 Å². The third-order valence-electron chi connectivity index (χ3n) is 12.4. The van der Waals surface area contributed by atoms with Crippen LogP contribution in [0.1, 0.15) is 60.3 Å². The Morgan fingerprint density at radius 1 is 0.677 bits per heavy atom. The van der Waals surface area contributed by atoms with Gasteiger partial charge in [-0.2, -0.15) is 0 Å². The van der Waals surface area contributed by atoms with Crippen LogP contribution in [0, 0.1) is 13.8 Å². The fourth-order valence-corrected chi connectivity index (χ4v) is 8.38. The Hall–Kier alpha value is -5.65. The van der Waals surface area contributed by atoms with E-state index in [1.54, 1.807) is 45.1 Å². The first kappa shape index (κ1) is 48.8. The van der Waals surface area contributed by atoms with Crippen molar-refractivity contribution in [2.45, 2.75) is 115 Å². The molecule has 4 aliphatic heterocycles. The van der Waals surface area contributed by atoms with E-state index in [-0.39, 0.29) is 31.6 Å². The lowest BCUT2D eigenvalue weighted by atomic mass is 9.96. The summed E-state index contributed by atoms with van der Waals surface area (Å²) in [6, 6.07) is -2.82. The number of aliphatic hydroxyl groups excluding tert-OH is 8. The van der Waals surface area contributed by atoms with Gasteiger partial charge in [0, 0.05) is 51.6 Å². The lowest BCUT2D eigenvalue weighted by Gasteiger charge is -2.40. The molecule has 20 heteroatoms. The van der Waals surface area contributed by atoms with Crippen LogP contribution in [0.5, 0.6) is 0 Å². The van der Waals surface area contributed by atoms with Crippen molar-refractivity contribution in [1.82, 2.24) is 25.9 Å². The average molecular weight is 905 g/mol. The van der Waals surface area contributed by atoms with Crippen LogP contribution in [0.25, 0.3) is 18.2 Å². The normalized spacial score (nSPS) is 29.5. The van der Waals surface area contributed by atoms with Crippen molar-refractivity contribution in [1.29, 1.82) is 0 Å². The van der Waals surface area contributed by atoms with Gasteiger partial charge in [0.2, 0.25) is 11.8 Å². The molecule has 0 aliphatic carbocycles. The fourth-order valence-electron chi connectivity index (χ4n) is 8.38. The highest BCUT2D eigenvalue weighted by atomic mass is 16.6. The molecule has 2 fully saturated rings. The summed E-state index contributed by atoms with van der Waals surface area (Å²) in [5.74, 6) is -1.97. The van der Waals surface area contributed by atoms with Crippen molar-refractivity contribution in [3.05, 3.63) is 97.6 Å². The van der Waals surface area contributed by atoms with Gasteiger partial charge in [-0.15, -0.1) is 0 Å². The van der Waals surface area contributed by atoms with Crippen LogP contribution in [0.15, 0.2) is 58.3 Å². The molecule has 20 nitrogen and oxygen atoms in total. The Labute approximate surface area is 372 Å². The fraction of sp³-hybridized carbons (Fsp3) is 0.444. The molecule has 13 N–H and O–H groups in total. The summed E-state index contributed by atoms with van der Waals surface area (Å²) in [4.78, 5) is 63.1. The standard InChI is InChI=1S/C45H56N6O14/c1-7-22-21(6)42(60)49-29(22)14-27-20(5)25(10-12-35(55)51-37-41(59)39(57)33(17-53)65-45(37)63)31(47-27)15-30-24(19(4)26(46-30)13-28-18(3)23(8-2)43(61)48-28)9-11-34(54)50-36-40(58)38(56)32(16-52)64-44(36)62/h7-8,13-15,32-33,36-41,44-47,52-53,56-59,62-63H,1-2,9-12,16-17H2,3-6H3,(H,49,60)(H,50,54)(H,51,55)/b26-13?,29-14-,30-15-/t32-,33+,36-,37+,38-,39+,40-,41+,44?,45?/m0/s1. The zero-order valence-corrected chi connectivity index (χ0v) is 36.3. The highest BCUT2D eigenvalue weighted by molar-refractivity contribution is 6.31. The van der Waals surface area contributed by atoms with Gasteiger partial charge in [-0.25, -0.2) is 4.99 Å². The molecule has 2 saturated heterocycles. The molecule has 2 unspecified atom stereocenters. The van der Waals surface area contributed by atoms with Crippen LogP contribution in [0.3, 0.4) is 0 Å². The Kier molecular flexibility index (Phi) is 15.2. The second-order valence-corrected chi connectivity index (χ2v) is 16.3. The Morgan fingerprint density at radius 3 is 1.72 bits per heavy atom. The maximum Gasteiger partial charge on any atom is 0.277 e. The molecule has 0 bridgehead atoms. The SMILES string of the molecule is C=CC1=C(C)C(C=c2[nH]/c(=C\c3[nH]c(/C=C4\NC(=O)C(C)=C4C=C)c(C)c3CCC(=O)N[C@H]3C(O)O[C@H](CO)[C@@H](O)[C@@H]3O)c(CCC(=O)N[C@@H]3C(O)O[C@@H](CO)[C@H](O)[C@H]3O)c2C)=NC1=O. The highest BCUT2D eigenvalue weighted by Crippen LogP contribution is 2.28. The molecule has 0 aromatic carbocycles. The second-order valence-electron chi connectivity index (χ2n) is 16.3. The first-order valence-corrected chi connectivity index (χ1v) is 21.0. The van der Waals surface area contributed by atoms with Gasteiger partial charge < -0.3 is 76.2 Å². The molecule has 350 valence electrons. The van der Waals surface area contributed by atoms with E-state index in [9.17, 15) is 60.0 Å². The predicted octanol–water partition coefficient (Wildman–Crippen LogP) is -3.28. The summed E-state index contributed by atoms with van der Waals surface area (Å²) < 4.78 is 10.4. The first-order chi connectivity index (χ1) is 30.8. The van der Waals surface area contributed by atoms with Crippen molar-refractivity contribution >= 4 is 47.6 Å². The summed E-state index contributed by atoms with van der Waals surface area (Å²) in [5, 5.41) is 90.8. The molecule has 2 aromatic rings. The van der Waals surface area contributed by atoms with Crippen molar-refractivity contribution in [2.75, 3.05) is 13.2 Å². The van der Waals surface area contributed by atoms with Gasteiger partial charge in [0.1, 0.15) is 48.7 Å². The van der Waals surface area contributed by atoms with Crippen LogP contribution in [0.2, 0.25) is 0 Å². The van der Waals surface area contributed by atoms with Gasteiger partial charge in [0.25, 0.3) is 11.8 Å². The molecule has 4 aliphatic rings. The minimum Gasteiger partial charge on any atom is -0.394 e. The number of allylic oxidation sites excluding steroid dienone is 2. The van der Waals surface area contributed by atoms with Crippen LogP contribution in [0.4, 0.5) is 0 Å². The number of nitrogens with one attached hydrogen (secondary N) is 5. The first-order valence-electron chi connectivity index (χ1n) is 21.0. The van der Waals surface area contributed by atoms with E-state index in [0.717, 1.165) is 0 Å². The number of carbonyl (C=O) groups is 4. The average Bonchev–Trinajstić information content (AvgIpc) is 3.92. The Morgan fingerprint density at radius 2 is 1.22 bits per heavy atom. The number of aromatic nitrogens is 2. The largest absolute Gasteiger partial charge is 0.394 e. The monoisotopic (exact) mass is 904 g/mol. The number of carbonyl (C=O) groups excluding carboxylic acids is 4. The maximum atomic E-state index is 13.4. The molecular formula is C45H56N6O14. The summed E-state index contributed by atoms with van der Waals surface area (Å²) in [5.41, 5.74) is 6.58. The van der Waals surface area contributed by atoms with Crippen molar-refractivity contribution in [3.8, 4) is 0 Å². The number of hydrogen-bond donors (Lipinski definition) is 13. The van der Waals surface area contributed by atoms with Crippen LogP contribution >= 0.6 is 0 Å². The van der Waals surface area contributed by atoms with E-state index in [0.29, 0.717) is 78.0 Å². The molecule has 4 amide bonds. The molecule has 0 saturated carbocycles. The lowest BCUT2D eigenvalue weighted by molar-refractivity contribution is -0.253. The topological polar surface area (TPSA) is 329 Å². The second kappa shape index (κ2) is 20.3. The molecular weight excluding hydrogens is 849 g/mol. The van der Waals surface area contributed by atoms with Crippen molar-refractivity contribution in [3.63, 3.8) is 0 Å². The summed E-state index contributed by atoms with van der Waals surface area (Å²) >= 11 is 0. The zero-order chi connectivity index (χ0) is 47.6. The van der Waals surface area contributed by atoms with E-state index in [1.807, 2.05) is 6.92 Å². The van der Waals surface area contributed by atoms with Crippen molar-refractivity contribution < 1.29 is 69.5 Å². The van der Waals surface area contributed by atoms with E-state index in [1.165, 1.54) is 6.08 Å². The summed E-state index contributed by atoms with van der Waals surface area (Å²) in [6.07, 6.45) is -4.48. The number of aliphatic imine (C=N–C) groups is 1. The summed E-state index contributed by atoms with van der Waals surface area (Å²) in [7, 11) is 0. The third kappa shape index (κ3) is 9.97. The van der Waals surface area contributed by atoms with Gasteiger partial charge >= 0.3 is 0 Å². The Balaban J connectivity index is 1.40. The maximum absolute atomic E-state index is 13.4. The number of amides is 4.